The first-order chi connectivity index (χ1) is 12.8. The van der Waals surface area contributed by atoms with Gasteiger partial charge in [-0.05, 0) is 37.8 Å². The first-order valence-electron chi connectivity index (χ1n) is 9.87. The fourth-order valence-corrected chi connectivity index (χ4v) is 2.98. The van der Waals surface area contributed by atoms with Crippen LogP contribution in [0, 0.1) is 5.82 Å². The molecular weight excluding hydrogens is 360 g/mol. The van der Waals surface area contributed by atoms with Gasteiger partial charge in [0.1, 0.15) is 11.9 Å². The van der Waals surface area contributed by atoms with Crippen LogP contribution in [-0.4, -0.2) is 12.1 Å². The van der Waals surface area contributed by atoms with Crippen molar-refractivity contribution in [3.8, 4) is 0 Å². The van der Waals surface area contributed by atoms with Crippen LogP contribution >= 0.6 is 0 Å². The fourth-order valence-electron chi connectivity index (χ4n) is 2.98. The molecular formula is C21H30F4O2. The first-order valence-corrected chi connectivity index (χ1v) is 9.87. The van der Waals surface area contributed by atoms with Crippen molar-refractivity contribution in [1.82, 2.24) is 0 Å². The summed E-state index contributed by atoms with van der Waals surface area (Å²) >= 11 is 0. The molecule has 0 N–H and O–H groups in total. The van der Waals surface area contributed by atoms with E-state index < -0.39 is 29.1 Å². The molecule has 1 aromatic carbocycles. The Labute approximate surface area is 159 Å². The van der Waals surface area contributed by atoms with E-state index in [4.69, 9.17) is 4.74 Å². The number of hydrogen-bond acceptors (Lipinski definition) is 2. The number of esters is 1. The van der Waals surface area contributed by atoms with Crippen molar-refractivity contribution < 1.29 is 27.1 Å². The summed E-state index contributed by atoms with van der Waals surface area (Å²) in [5, 5.41) is 0. The number of rotatable bonds is 12. The summed E-state index contributed by atoms with van der Waals surface area (Å²) in [6, 6.07) is 2.69. The summed E-state index contributed by atoms with van der Waals surface area (Å²) in [6.07, 6.45) is 4.22. The molecule has 0 heterocycles. The molecule has 0 saturated carbocycles. The van der Waals surface area contributed by atoms with Crippen molar-refractivity contribution in [2.75, 3.05) is 0 Å². The predicted molar refractivity (Wildman–Crippen MR) is 98.1 cm³/mol. The van der Waals surface area contributed by atoms with Crippen LogP contribution in [0.3, 0.4) is 0 Å². The molecule has 1 aromatic rings. The van der Waals surface area contributed by atoms with Crippen LogP contribution in [0.4, 0.5) is 17.6 Å². The van der Waals surface area contributed by atoms with Crippen molar-refractivity contribution in [3.63, 3.8) is 0 Å². The van der Waals surface area contributed by atoms with E-state index in [-0.39, 0.29) is 6.10 Å². The third-order valence-electron chi connectivity index (χ3n) is 4.56. The Morgan fingerprint density at radius 1 is 0.963 bits per heavy atom. The molecule has 1 unspecified atom stereocenters. The van der Waals surface area contributed by atoms with Gasteiger partial charge in [0.05, 0.1) is 11.1 Å². The normalized spacial score (nSPS) is 12.8. The van der Waals surface area contributed by atoms with Crippen LogP contribution in [0.5, 0.6) is 0 Å². The minimum Gasteiger partial charge on any atom is -0.459 e. The van der Waals surface area contributed by atoms with Gasteiger partial charge in [-0.2, -0.15) is 13.2 Å². The molecule has 0 saturated heterocycles. The van der Waals surface area contributed by atoms with E-state index in [9.17, 15) is 22.4 Å². The third-order valence-corrected chi connectivity index (χ3v) is 4.56. The Morgan fingerprint density at radius 3 is 2.11 bits per heavy atom. The van der Waals surface area contributed by atoms with Gasteiger partial charge in [-0.1, -0.05) is 58.4 Å². The number of ether oxygens (including phenoxy) is 1. The van der Waals surface area contributed by atoms with Crippen LogP contribution in [0.25, 0.3) is 0 Å². The standard InChI is InChI=1S/C21H30F4O2/c1-3-5-7-8-10-13-16(12-9-6-4-2)27-20(26)17-14-11-15-18(19(17)22)21(23,24)25/h11,14-16H,3-10,12-13H2,1-2H3. The zero-order chi connectivity index (χ0) is 20.3. The maximum atomic E-state index is 14.1. The molecule has 2 nitrogen and oxygen atoms in total. The largest absolute Gasteiger partial charge is 0.459 e. The summed E-state index contributed by atoms with van der Waals surface area (Å²) in [5.41, 5.74) is -2.10. The van der Waals surface area contributed by atoms with E-state index in [1.807, 2.05) is 0 Å². The van der Waals surface area contributed by atoms with Crippen LogP contribution < -0.4 is 0 Å². The van der Waals surface area contributed by atoms with Crippen LogP contribution in [0.15, 0.2) is 18.2 Å². The van der Waals surface area contributed by atoms with Crippen molar-refractivity contribution in [1.29, 1.82) is 0 Å². The van der Waals surface area contributed by atoms with Crippen molar-refractivity contribution in [2.24, 2.45) is 0 Å². The maximum absolute atomic E-state index is 14.1. The molecule has 1 rings (SSSR count). The summed E-state index contributed by atoms with van der Waals surface area (Å²) in [5.74, 6) is -2.58. The predicted octanol–water partition coefficient (Wildman–Crippen LogP) is 7.31. The highest BCUT2D eigenvalue weighted by Crippen LogP contribution is 2.32. The van der Waals surface area contributed by atoms with E-state index >= 15 is 0 Å². The summed E-state index contributed by atoms with van der Waals surface area (Å²) in [7, 11) is 0. The number of unbranched alkanes of at least 4 members (excludes halogenated alkanes) is 6. The monoisotopic (exact) mass is 390 g/mol. The molecule has 1 atom stereocenters. The maximum Gasteiger partial charge on any atom is 0.419 e. The van der Waals surface area contributed by atoms with E-state index in [2.05, 4.69) is 13.8 Å². The summed E-state index contributed by atoms with van der Waals surface area (Å²) in [4.78, 5) is 12.3. The van der Waals surface area contributed by atoms with E-state index in [0.717, 1.165) is 63.5 Å². The van der Waals surface area contributed by atoms with Crippen molar-refractivity contribution >= 4 is 5.97 Å². The van der Waals surface area contributed by atoms with E-state index in [1.165, 1.54) is 0 Å². The molecule has 0 aromatic heterocycles. The third kappa shape index (κ3) is 8.31. The molecule has 0 fully saturated rings. The summed E-state index contributed by atoms with van der Waals surface area (Å²) < 4.78 is 58.0. The smallest absolute Gasteiger partial charge is 0.419 e. The van der Waals surface area contributed by atoms with Gasteiger partial charge < -0.3 is 4.74 Å². The molecule has 0 aliphatic rings. The number of hydrogen-bond donors (Lipinski definition) is 0. The Hall–Kier alpha value is -1.59. The molecule has 0 aliphatic heterocycles. The van der Waals surface area contributed by atoms with E-state index in [1.54, 1.807) is 0 Å². The molecule has 0 aliphatic carbocycles. The molecule has 27 heavy (non-hydrogen) atoms. The van der Waals surface area contributed by atoms with Gasteiger partial charge in [0, 0.05) is 0 Å². The minimum atomic E-state index is -4.85. The Morgan fingerprint density at radius 2 is 1.52 bits per heavy atom. The van der Waals surface area contributed by atoms with Gasteiger partial charge in [0.15, 0.2) is 0 Å². The number of benzene rings is 1. The van der Waals surface area contributed by atoms with Crippen LogP contribution in [0.2, 0.25) is 0 Å². The van der Waals surface area contributed by atoms with Gasteiger partial charge in [0.2, 0.25) is 0 Å². The number of alkyl halides is 3. The van der Waals surface area contributed by atoms with E-state index in [0.29, 0.717) is 18.9 Å². The average Bonchev–Trinajstić information content (AvgIpc) is 2.60. The zero-order valence-electron chi connectivity index (χ0n) is 16.2. The zero-order valence-corrected chi connectivity index (χ0v) is 16.2. The lowest BCUT2D eigenvalue weighted by Gasteiger charge is -2.19. The SMILES string of the molecule is CCCCCCCC(CCCCC)OC(=O)c1cccc(C(F)(F)F)c1F. The Balaban J connectivity index is 2.76. The van der Waals surface area contributed by atoms with Gasteiger partial charge in [-0.3, -0.25) is 0 Å². The van der Waals surface area contributed by atoms with Gasteiger partial charge in [0.25, 0.3) is 0 Å². The second-order valence-electron chi connectivity index (χ2n) is 6.89. The van der Waals surface area contributed by atoms with Gasteiger partial charge >= 0.3 is 12.1 Å². The fraction of sp³-hybridized carbons (Fsp3) is 0.667. The Bertz CT molecular complexity index is 570. The molecule has 0 radical (unpaired) electrons. The highest BCUT2D eigenvalue weighted by Gasteiger charge is 2.36. The first kappa shape index (κ1) is 23.4. The highest BCUT2D eigenvalue weighted by atomic mass is 19.4. The number of halogens is 4. The van der Waals surface area contributed by atoms with Crippen molar-refractivity contribution in [3.05, 3.63) is 35.1 Å². The van der Waals surface area contributed by atoms with Crippen molar-refractivity contribution in [2.45, 2.75) is 90.3 Å². The summed E-state index contributed by atoms with van der Waals surface area (Å²) in [6.45, 7) is 4.18. The minimum absolute atomic E-state index is 0.389. The molecule has 154 valence electrons. The lowest BCUT2D eigenvalue weighted by Crippen LogP contribution is -2.21. The highest BCUT2D eigenvalue weighted by molar-refractivity contribution is 5.90. The van der Waals surface area contributed by atoms with Gasteiger partial charge in [-0.25, -0.2) is 9.18 Å². The second kappa shape index (κ2) is 12.0. The second-order valence-corrected chi connectivity index (χ2v) is 6.89. The molecule has 6 heteroatoms. The van der Waals surface area contributed by atoms with Gasteiger partial charge in [-0.15, -0.1) is 0 Å². The quantitative estimate of drug-likeness (QED) is 0.212. The molecule has 0 amide bonds. The number of carbonyl (C=O) groups is 1. The average molecular weight is 390 g/mol. The number of carbonyl (C=O) groups excluding carboxylic acids is 1. The molecule has 0 bridgehead atoms. The van der Waals surface area contributed by atoms with Crippen LogP contribution in [0.1, 0.15) is 94.0 Å². The topological polar surface area (TPSA) is 26.3 Å². The lowest BCUT2D eigenvalue weighted by molar-refractivity contribution is -0.140. The molecule has 0 spiro atoms. The van der Waals surface area contributed by atoms with Crippen LogP contribution in [-0.2, 0) is 10.9 Å². The lowest BCUT2D eigenvalue weighted by atomic mass is 10.0. The Kier molecular flexibility index (Phi) is 10.4.